The van der Waals surface area contributed by atoms with Crippen molar-refractivity contribution in [1.29, 1.82) is 0 Å². The highest BCUT2D eigenvalue weighted by Crippen LogP contribution is 2.33. The van der Waals surface area contributed by atoms with Gasteiger partial charge in [-0.05, 0) is 25.5 Å². The lowest BCUT2D eigenvalue weighted by atomic mass is 9.83. The minimum absolute atomic E-state index is 0.0133. The monoisotopic (exact) mass is 572 g/mol. The van der Waals surface area contributed by atoms with Gasteiger partial charge in [0, 0.05) is 18.2 Å². The molecule has 0 bridgehead atoms. The molecule has 3 aliphatic rings. The van der Waals surface area contributed by atoms with E-state index in [-0.39, 0.29) is 13.0 Å². The van der Waals surface area contributed by atoms with Gasteiger partial charge in [-0.3, -0.25) is 4.79 Å². The maximum Gasteiger partial charge on any atom is 0.251 e. The molecule has 2 saturated heterocycles. The molecule has 15 nitrogen and oxygen atoms in total. The lowest BCUT2D eigenvalue weighted by molar-refractivity contribution is -0.315. The van der Waals surface area contributed by atoms with E-state index in [1.165, 1.54) is 6.92 Å². The van der Waals surface area contributed by atoms with Crippen molar-refractivity contribution in [3.8, 4) is 0 Å². The van der Waals surface area contributed by atoms with Crippen molar-refractivity contribution in [2.45, 2.75) is 105 Å². The fraction of sp³-hybridized carbons (Fsp3) is 0.720. The van der Waals surface area contributed by atoms with Gasteiger partial charge in [0.15, 0.2) is 12.6 Å². The van der Waals surface area contributed by atoms with Crippen LogP contribution in [0.1, 0.15) is 23.7 Å². The molecule has 0 aromatic heterocycles. The standard InChI is InChI=1S/C25H40N4O11/c1-9(30)20-18(34)17(33)14(28)24(38-20)39-21-11(27)7-12(29-23(36)10-5-3-2-4-6-10)15(31)22(21)40-25-19(35)16(32)13(8-26)37-25/h2-6,9,11-22,24-25,30-35H,7-8,26-28H2,1H3,(H,29,36)/t9-,11?,12-,13-,14?,15?,16+,17-,18+,19?,20?,21-,22-,24-,25+/m1/s1. The van der Waals surface area contributed by atoms with Crippen LogP contribution in [0.4, 0.5) is 0 Å². The summed E-state index contributed by atoms with van der Waals surface area (Å²) < 4.78 is 23.2. The predicted molar refractivity (Wildman–Crippen MR) is 136 cm³/mol. The van der Waals surface area contributed by atoms with Gasteiger partial charge < -0.3 is 72.1 Å². The van der Waals surface area contributed by atoms with Crippen molar-refractivity contribution in [2.24, 2.45) is 17.2 Å². The number of carbonyl (C=O) groups is 1. The average Bonchev–Trinajstić information content (AvgIpc) is 3.21. The molecule has 1 aromatic carbocycles. The third-order valence-corrected chi connectivity index (χ3v) is 7.67. The van der Waals surface area contributed by atoms with Crippen LogP contribution in [0.2, 0.25) is 0 Å². The van der Waals surface area contributed by atoms with Crippen LogP contribution in [0, 0.1) is 0 Å². The second-order valence-corrected chi connectivity index (χ2v) is 10.6. The Labute approximate surface area is 230 Å². The number of amides is 1. The molecule has 0 spiro atoms. The van der Waals surface area contributed by atoms with E-state index in [2.05, 4.69) is 5.32 Å². The minimum atomic E-state index is -1.53. The van der Waals surface area contributed by atoms with Gasteiger partial charge in [-0.15, -0.1) is 0 Å². The second-order valence-electron chi connectivity index (χ2n) is 10.6. The molecule has 2 aliphatic heterocycles. The lowest BCUT2D eigenvalue weighted by Gasteiger charge is -2.48. The fourth-order valence-electron chi connectivity index (χ4n) is 5.32. The van der Waals surface area contributed by atoms with Crippen LogP contribution in [-0.2, 0) is 18.9 Å². The Hall–Kier alpha value is -1.83. The van der Waals surface area contributed by atoms with Crippen LogP contribution < -0.4 is 22.5 Å². The Kier molecular flexibility index (Phi) is 10.1. The summed E-state index contributed by atoms with van der Waals surface area (Å²) >= 11 is 0. The zero-order chi connectivity index (χ0) is 29.3. The first-order valence-corrected chi connectivity index (χ1v) is 13.2. The third kappa shape index (κ3) is 6.32. The summed E-state index contributed by atoms with van der Waals surface area (Å²) in [5.74, 6) is -0.472. The highest BCUT2D eigenvalue weighted by atomic mass is 16.7. The second kappa shape index (κ2) is 13.0. The van der Waals surface area contributed by atoms with E-state index in [0.717, 1.165) is 0 Å². The summed E-state index contributed by atoms with van der Waals surface area (Å²) in [4.78, 5) is 12.8. The molecule has 1 aromatic rings. The van der Waals surface area contributed by atoms with E-state index < -0.39 is 97.7 Å². The summed E-state index contributed by atoms with van der Waals surface area (Å²) in [5, 5.41) is 65.6. The highest BCUT2D eigenvalue weighted by Gasteiger charge is 2.53. The van der Waals surface area contributed by atoms with Crippen molar-refractivity contribution in [3.05, 3.63) is 35.9 Å². The van der Waals surface area contributed by atoms with Crippen LogP contribution in [0.15, 0.2) is 30.3 Å². The van der Waals surface area contributed by atoms with Gasteiger partial charge >= 0.3 is 0 Å². The quantitative estimate of drug-likeness (QED) is 0.140. The maximum atomic E-state index is 12.8. The fourth-order valence-corrected chi connectivity index (χ4v) is 5.32. The number of nitrogens with one attached hydrogen (secondary N) is 1. The van der Waals surface area contributed by atoms with Crippen molar-refractivity contribution in [2.75, 3.05) is 6.54 Å². The predicted octanol–water partition coefficient (Wildman–Crippen LogP) is -4.79. The van der Waals surface area contributed by atoms with Crippen LogP contribution in [-0.4, -0.2) is 135 Å². The van der Waals surface area contributed by atoms with E-state index in [9.17, 15) is 35.4 Å². The average molecular weight is 573 g/mol. The number of ether oxygens (including phenoxy) is 4. The first-order valence-electron chi connectivity index (χ1n) is 13.2. The molecule has 3 fully saturated rings. The van der Waals surface area contributed by atoms with Crippen LogP contribution in [0.3, 0.4) is 0 Å². The van der Waals surface area contributed by atoms with Gasteiger partial charge in [-0.25, -0.2) is 0 Å². The molecule has 4 rings (SSSR count). The Morgan fingerprint density at radius 3 is 2.20 bits per heavy atom. The van der Waals surface area contributed by atoms with Gasteiger partial charge in [0.05, 0.1) is 18.2 Å². The van der Waals surface area contributed by atoms with E-state index in [1.807, 2.05) is 0 Å². The number of rotatable bonds is 8. The summed E-state index contributed by atoms with van der Waals surface area (Å²) in [7, 11) is 0. The SMILES string of the molecule is C[C@@H](O)C1O[C@H](O[C@@H]2C(N)C[C@@H](NC(=O)c3ccccc3)C(O)[C@H]2O[C@@H]2O[C@H](CN)[C@H](O)C2O)C(N)[C@@H](O)[C@@H]1O. The van der Waals surface area contributed by atoms with Crippen molar-refractivity contribution >= 4 is 5.91 Å². The van der Waals surface area contributed by atoms with Crippen molar-refractivity contribution in [3.63, 3.8) is 0 Å². The molecule has 2 heterocycles. The topological polar surface area (TPSA) is 265 Å². The molecule has 15 atom stereocenters. The van der Waals surface area contributed by atoms with Crippen molar-refractivity contribution < 1.29 is 54.4 Å². The van der Waals surface area contributed by atoms with E-state index in [0.29, 0.717) is 5.56 Å². The van der Waals surface area contributed by atoms with Crippen LogP contribution >= 0.6 is 0 Å². The van der Waals surface area contributed by atoms with Crippen LogP contribution in [0.25, 0.3) is 0 Å². The Morgan fingerprint density at radius 2 is 1.60 bits per heavy atom. The molecule has 40 heavy (non-hydrogen) atoms. The van der Waals surface area contributed by atoms with Gasteiger partial charge in [0.2, 0.25) is 0 Å². The molecular weight excluding hydrogens is 532 g/mol. The zero-order valence-corrected chi connectivity index (χ0v) is 21.9. The maximum absolute atomic E-state index is 12.8. The zero-order valence-electron chi connectivity index (χ0n) is 21.9. The minimum Gasteiger partial charge on any atom is -0.391 e. The number of benzene rings is 1. The smallest absolute Gasteiger partial charge is 0.251 e. The van der Waals surface area contributed by atoms with Gasteiger partial charge in [0.1, 0.15) is 54.9 Å². The number of nitrogens with two attached hydrogens (primary N) is 3. The molecule has 226 valence electrons. The lowest BCUT2D eigenvalue weighted by Crippen LogP contribution is -2.69. The normalized spacial score (nSPS) is 44.8. The highest BCUT2D eigenvalue weighted by molar-refractivity contribution is 5.94. The number of carbonyl (C=O) groups excluding carboxylic acids is 1. The molecule has 15 heteroatoms. The van der Waals surface area contributed by atoms with Crippen molar-refractivity contribution in [1.82, 2.24) is 5.32 Å². The Balaban J connectivity index is 1.58. The molecule has 1 amide bonds. The molecule has 1 saturated carbocycles. The van der Waals surface area contributed by atoms with E-state index in [4.69, 9.17) is 36.1 Å². The van der Waals surface area contributed by atoms with E-state index in [1.54, 1.807) is 30.3 Å². The summed E-state index contributed by atoms with van der Waals surface area (Å²) in [6.07, 6.45) is -16.2. The van der Waals surface area contributed by atoms with E-state index >= 15 is 0 Å². The first-order chi connectivity index (χ1) is 18.9. The van der Waals surface area contributed by atoms with Gasteiger partial charge in [-0.2, -0.15) is 0 Å². The van der Waals surface area contributed by atoms with Gasteiger partial charge in [-0.1, -0.05) is 18.2 Å². The molecule has 1 aliphatic carbocycles. The third-order valence-electron chi connectivity index (χ3n) is 7.67. The molecule has 13 N–H and O–H groups in total. The summed E-state index contributed by atoms with van der Waals surface area (Å²) in [5.41, 5.74) is 18.5. The number of aliphatic hydroxyl groups excluding tert-OH is 6. The Morgan fingerprint density at radius 1 is 0.950 bits per heavy atom. The molecule has 5 unspecified atom stereocenters. The van der Waals surface area contributed by atoms with Gasteiger partial charge in [0.25, 0.3) is 5.91 Å². The van der Waals surface area contributed by atoms with Crippen LogP contribution in [0.5, 0.6) is 0 Å². The number of hydrogen-bond acceptors (Lipinski definition) is 14. The number of hydrogen-bond donors (Lipinski definition) is 10. The molecular formula is C25H40N4O11. The largest absolute Gasteiger partial charge is 0.391 e. The summed E-state index contributed by atoms with van der Waals surface area (Å²) in [6, 6.07) is 5.19. The summed E-state index contributed by atoms with van der Waals surface area (Å²) in [6.45, 7) is 1.24. The molecule has 0 radical (unpaired) electrons. The Bertz CT molecular complexity index is 977. The number of aliphatic hydroxyl groups is 6. The first kappa shape index (κ1) is 31.1.